The number of ketones is 1. The second-order valence-corrected chi connectivity index (χ2v) is 5.98. The Morgan fingerprint density at radius 1 is 1.58 bits per heavy atom. The van der Waals surface area contributed by atoms with Crippen LogP contribution in [0.3, 0.4) is 0 Å². The van der Waals surface area contributed by atoms with E-state index in [1.54, 1.807) is 19.0 Å². The maximum atomic E-state index is 11.9. The van der Waals surface area contributed by atoms with Crippen LogP contribution in [-0.2, 0) is 4.79 Å². The molecule has 7 heteroatoms. The summed E-state index contributed by atoms with van der Waals surface area (Å²) in [5.74, 6) is -0.271. The Labute approximate surface area is 131 Å². The number of nitrogens with zero attached hydrogens (tertiary/aromatic N) is 1. The fraction of sp³-hybridized carbons (Fsp3) is 0.333. The summed E-state index contributed by atoms with van der Waals surface area (Å²) in [6.45, 7) is 2.00. The molecule has 19 heavy (non-hydrogen) atoms. The number of nitrogens with two attached hydrogens (primary N) is 2. The molecule has 0 spiro atoms. The molecule has 5 N–H and O–H groups in total. The quantitative estimate of drug-likeness (QED) is 0.303. The van der Waals surface area contributed by atoms with Gasteiger partial charge >= 0.3 is 0 Å². The summed E-state index contributed by atoms with van der Waals surface area (Å²) in [5.41, 5.74) is 15.6. The van der Waals surface area contributed by atoms with Crippen molar-refractivity contribution in [3.8, 4) is 0 Å². The highest BCUT2D eigenvalue weighted by molar-refractivity contribution is 14.1. The zero-order valence-electron chi connectivity index (χ0n) is 10.8. The molecule has 0 fully saturated rings. The largest absolute Gasteiger partial charge is 0.398 e. The van der Waals surface area contributed by atoms with Gasteiger partial charge in [0.2, 0.25) is 0 Å². The fourth-order valence-corrected chi connectivity index (χ4v) is 2.47. The summed E-state index contributed by atoms with van der Waals surface area (Å²) in [6.07, 6.45) is 0. The highest BCUT2D eigenvalue weighted by Crippen LogP contribution is 2.25. The van der Waals surface area contributed by atoms with E-state index in [9.17, 15) is 4.79 Å². The second-order valence-electron chi connectivity index (χ2n) is 4.29. The van der Waals surface area contributed by atoms with Crippen molar-refractivity contribution in [2.24, 2.45) is 5.73 Å². The standard InChI is InChI=1S/C12H17IN4OS/c1-7(18)10(6-17(2)16-12(15)19)9-5-8(13)3-4-11(9)14/h3-5,10H,6,14H2,1-2H3,(H3,15,16,19). The van der Waals surface area contributed by atoms with Gasteiger partial charge in [0.25, 0.3) is 0 Å². The Balaban J connectivity index is 2.97. The van der Waals surface area contributed by atoms with Crippen molar-refractivity contribution in [2.75, 3.05) is 19.3 Å². The Morgan fingerprint density at radius 3 is 2.74 bits per heavy atom. The minimum atomic E-state index is -0.318. The molecule has 0 amide bonds. The van der Waals surface area contributed by atoms with Crippen LogP contribution in [0.15, 0.2) is 18.2 Å². The number of hydrogen-bond donors (Lipinski definition) is 3. The molecular formula is C12H17IN4OS. The van der Waals surface area contributed by atoms with Crippen LogP contribution in [0.1, 0.15) is 18.4 Å². The van der Waals surface area contributed by atoms with Crippen LogP contribution in [0.25, 0.3) is 0 Å². The number of nitrogens with one attached hydrogen (secondary N) is 1. The molecule has 0 bridgehead atoms. The topological polar surface area (TPSA) is 84.4 Å². The van der Waals surface area contributed by atoms with Crippen LogP contribution in [0, 0.1) is 3.57 Å². The first-order valence-corrected chi connectivity index (χ1v) is 7.12. The number of likely N-dealkylation sites (N-methyl/N-ethyl adjacent to an activating group) is 1. The molecule has 1 rings (SSSR count). The van der Waals surface area contributed by atoms with E-state index in [0.29, 0.717) is 12.2 Å². The van der Waals surface area contributed by atoms with E-state index < -0.39 is 0 Å². The van der Waals surface area contributed by atoms with E-state index in [1.165, 1.54) is 0 Å². The van der Waals surface area contributed by atoms with Gasteiger partial charge in [-0.3, -0.25) is 10.2 Å². The third-order valence-electron chi connectivity index (χ3n) is 2.67. The molecule has 1 unspecified atom stereocenters. The fourth-order valence-electron chi connectivity index (χ4n) is 1.80. The van der Waals surface area contributed by atoms with Crippen molar-refractivity contribution in [3.05, 3.63) is 27.3 Å². The number of carbonyl (C=O) groups excluding carboxylic acids is 1. The van der Waals surface area contributed by atoms with Crippen LogP contribution in [-0.4, -0.2) is 29.5 Å². The van der Waals surface area contributed by atoms with Crippen molar-refractivity contribution in [1.29, 1.82) is 0 Å². The van der Waals surface area contributed by atoms with Gasteiger partial charge in [0, 0.05) is 22.8 Å². The predicted molar refractivity (Wildman–Crippen MR) is 89.5 cm³/mol. The van der Waals surface area contributed by atoms with Gasteiger partial charge in [-0.25, -0.2) is 5.01 Å². The molecule has 104 valence electrons. The van der Waals surface area contributed by atoms with Gasteiger partial charge in [0.05, 0.1) is 5.92 Å². The summed E-state index contributed by atoms with van der Waals surface area (Å²) in [6, 6.07) is 5.65. The molecular weight excluding hydrogens is 375 g/mol. The molecule has 0 aliphatic rings. The van der Waals surface area contributed by atoms with E-state index in [4.69, 9.17) is 23.7 Å². The van der Waals surface area contributed by atoms with E-state index in [1.807, 2.05) is 18.2 Å². The van der Waals surface area contributed by atoms with Gasteiger partial charge in [-0.2, -0.15) is 0 Å². The SMILES string of the molecule is CC(=O)C(CN(C)NC(N)=S)c1cc(I)ccc1N. The van der Waals surface area contributed by atoms with Crippen molar-refractivity contribution in [2.45, 2.75) is 12.8 Å². The minimum Gasteiger partial charge on any atom is -0.398 e. The number of benzene rings is 1. The third-order valence-corrected chi connectivity index (χ3v) is 3.43. The molecule has 1 atom stereocenters. The average molecular weight is 392 g/mol. The zero-order chi connectivity index (χ0) is 14.6. The lowest BCUT2D eigenvalue weighted by Gasteiger charge is -2.24. The monoisotopic (exact) mass is 392 g/mol. The number of hydrogen-bond acceptors (Lipinski definition) is 4. The Hall–Kier alpha value is -0.930. The highest BCUT2D eigenvalue weighted by atomic mass is 127. The average Bonchev–Trinajstić information content (AvgIpc) is 2.28. The maximum absolute atomic E-state index is 11.9. The number of nitrogen functional groups attached to an aromatic ring is 1. The first-order valence-electron chi connectivity index (χ1n) is 5.64. The molecule has 0 aliphatic carbocycles. The van der Waals surface area contributed by atoms with Gasteiger partial charge in [-0.1, -0.05) is 0 Å². The lowest BCUT2D eigenvalue weighted by Crippen LogP contribution is -2.45. The summed E-state index contributed by atoms with van der Waals surface area (Å²) >= 11 is 6.96. The number of anilines is 1. The summed E-state index contributed by atoms with van der Waals surface area (Å²) in [7, 11) is 1.78. The highest BCUT2D eigenvalue weighted by Gasteiger charge is 2.21. The van der Waals surface area contributed by atoms with Crippen LogP contribution in [0.2, 0.25) is 0 Å². The van der Waals surface area contributed by atoms with Crippen molar-refractivity contribution in [1.82, 2.24) is 10.4 Å². The van der Waals surface area contributed by atoms with Crippen molar-refractivity contribution < 1.29 is 4.79 Å². The second kappa shape index (κ2) is 7.01. The Morgan fingerprint density at radius 2 is 2.21 bits per heavy atom. The van der Waals surface area contributed by atoms with Crippen molar-refractivity contribution in [3.63, 3.8) is 0 Å². The summed E-state index contributed by atoms with van der Waals surface area (Å²) < 4.78 is 1.04. The number of carbonyl (C=O) groups is 1. The molecule has 0 saturated heterocycles. The first-order chi connectivity index (χ1) is 8.81. The first kappa shape index (κ1) is 16.1. The molecule has 0 radical (unpaired) electrons. The molecule has 1 aromatic rings. The van der Waals surface area contributed by atoms with E-state index in [0.717, 1.165) is 9.13 Å². The minimum absolute atomic E-state index is 0.0466. The van der Waals surface area contributed by atoms with Crippen LogP contribution >= 0.6 is 34.8 Å². The van der Waals surface area contributed by atoms with Crippen molar-refractivity contribution >= 4 is 51.4 Å². The molecule has 0 saturated carbocycles. The van der Waals surface area contributed by atoms with Gasteiger partial charge in [-0.05, 0) is 65.5 Å². The summed E-state index contributed by atoms with van der Waals surface area (Å²) in [5, 5.41) is 1.86. The third kappa shape index (κ3) is 4.92. The molecule has 0 heterocycles. The molecule has 1 aromatic carbocycles. The predicted octanol–water partition coefficient (Wildman–Crippen LogP) is 1.23. The lowest BCUT2D eigenvalue weighted by atomic mass is 9.94. The van der Waals surface area contributed by atoms with Gasteiger partial charge in [0.15, 0.2) is 5.11 Å². The smallest absolute Gasteiger partial charge is 0.178 e. The number of Topliss-reactive ketones (excluding diaryl/α,β-unsaturated/α-hetero) is 1. The Kier molecular flexibility index (Phi) is 5.95. The normalized spacial score (nSPS) is 12.2. The number of rotatable bonds is 5. The Bertz CT molecular complexity index is 495. The van der Waals surface area contributed by atoms with Gasteiger partial charge in [0.1, 0.15) is 5.78 Å². The van der Waals surface area contributed by atoms with Gasteiger partial charge < -0.3 is 11.5 Å². The summed E-state index contributed by atoms with van der Waals surface area (Å²) in [4.78, 5) is 11.9. The number of hydrazine groups is 1. The lowest BCUT2D eigenvalue weighted by molar-refractivity contribution is -0.118. The van der Waals surface area contributed by atoms with E-state index in [2.05, 4.69) is 28.0 Å². The van der Waals surface area contributed by atoms with Crippen LogP contribution in [0.4, 0.5) is 5.69 Å². The molecule has 5 nitrogen and oxygen atoms in total. The molecule has 0 aromatic heterocycles. The number of halogens is 1. The number of thiocarbonyl (C=S) groups is 1. The van der Waals surface area contributed by atoms with E-state index >= 15 is 0 Å². The van der Waals surface area contributed by atoms with Gasteiger partial charge in [-0.15, -0.1) is 0 Å². The molecule has 0 aliphatic heterocycles. The zero-order valence-corrected chi connectivity index (χ0v) is 13.8. The van der Waals surface area contributed by atoms with Crippen LogP contribution in [0.5, 0.6) is 0 Å². The maximum Gasteiger partial charge on any atom is 0.178 e. The van der Waals surface area contributed by atoms with E-state index in [-0.39, 0.29) is 16.8 Å². The van der Waals surface area contributed by atoms with Crippen LogP contribution < -0.4 is 16.9 Å².